The fourth-order valence-electron chi connectivity index (χ4n) is 2.59. The summed E-state index contributed by atoms with van der Waals surface area (Å²) in [6.07, 6.45) is 3.73. The maximum atomic E-state index is 12.5. The number of carboxylic acid groups (broad SMARTS) is 1. The average molecular weight is 362 g/mol. The fraction of sp³-hybridized carbons (Fsp3) is 0.733. The molecule has 2 atom stereocenters. The zero-order chi connectivity index (χ0) is 18.2. The van der Waals surface area contributed by atoms with Gasteiger partial charge < -0.3 is 15.2 Å². The predicted molar refractivity (Wildman–Crippen MR) is 89.0 cm³/mol. The molecule has 0 aliphatic carbocycles. The van der Waals surface area contributed by atoms with Crippen LogP contribution < -0.4 is 5.32 Å². The number of carboxylic acids is 1. The van der Waals surface area contributed by atoms with Crippen LogP contribution in [0.5, 0.6) is 0 Å². The van der Waals surface area contributed by atoms with E-state index in [0.29, 0.717) is 19.3 Å². The smallest absolute Gasteiger partial charge is 0.328 e. The summed E-state index contributed by atoms with van der Waals surface area (Å²) in [5.41, 5.74) is 0. The van der Waals surface area contributed by atoms with E-state index < -0.39 is 34.0 Å². The van der Waals surface area contributed by atoms with E-state index in [1.165, 1.54) is 10.4 Å². The van der Waals surface area contributed by atoms with Crippen LogP contribution in [-0.2, 0) is 24.3 Å². The molecule has 2 N–H and O–H groups in total. The minimum absolute atomic E-state index is 0.0262. The minimum atomic E-state index is -3.52. The molecule has 24 heavy (non-hydrogen) atoms. The number of hydrogen-bond donors (Lipinski definition) is 2. The second kappa shape index (κ2) is 9.75. The molecule has 1 fully saturated rings. The Labute approximate surface area is 142 Å². The summed E-state index contributed by atoms with van der Waals surface area (Å²) < 4.78 is 30.9. The van der Waals surface area contributed by atoms with E-state index in [-0.39, 0.29) is 25.5 Å². The number of carbonyl (C=O) groups excluding carboxylic acids is 1. The van der Waals surface area contributed by atoms with E-state index in [1.807, 2.05) is 0 Å². The summed E-state index contributed by atoms with van der Waals surface area (Å²) in [5, 5.41) is 11.6. The van der Waals surface area contributed by atoms with Gasteiger partial charge in [-0.25, -0.2) is 13.2 Å². The number of carbonyl (C=O) groups is 2. The van der Waals surface area contributed by atoms with Crippen LogP contribution in [0.3, 0.4) is 0 Å². The van der Waals surface area contributed by atoms with E-state index in [0.717, 1.165) is 6.42 Å². The van der Waals surface area contributed by atoms with Crippen molar-refractivity contribution in [1.82, 2.24) is 9.62 Å². The number of sulfonamides is 1. The zero-order valence-corrected chi connectivity index (χ0v) is 14.8. The molecule has 1 amide bonds. The molecule has 0 spiro atoms. The van der Waals surface area contributed by atoms with Crippen molar-refractivity contribution in [3.05, 3.63) is 12.7 Å². The number of amides is 1. The second-order valence-electron chi connectivity index (χ2n) is 5.66. The molecule has 9 heteroatoms. The van der Waals surface area contributed by atoms with E-state index in [2.05, 4.69) is 11.9 Å². The molecule has 0 bridgehead atoms. The number of piperidine rings is 1. The van der Waals surface area contributed by atoms with Crippen LogP contribution in [-0.4, -0.2) is 67.3 Å². The molecular weight excluding hydrogens is 336 g/mol. The van der Waals surface area contributed by atoms with Crippen molar-refractivity contribution in [2.45, 2.75) is 44.7 Å². The Morgan fingerprint density at radius 2 is 2.17 bits per heavy atom. The quantitative estimate of drug-likeness (QED) is 0.428. The number of nitrogens with one attached hydrogen (secondary N) is 1. The van der Waals surface area contributed by atoms with Gasteiger partial charge in [0.05, 0.1) is 19.0 Å². The van der Waals surface area contributed by atoms with Gasteiger partial charge in [-0.15, -0.1) is 6.58 Å². The second-order valence-corrected chi connectivity index (χ2v) is 7.70. The molecule has 1 rings (SSSR count). The average Bonchev–Trinajstić information content (AvgIpc) is 2.53. The summed E-state index contributed by atoms with van der Waals surface area (Å²) in [6, 6.07) is -2.09. The lowest BCUT2D eigenvalue weighted by molar-refractivity contribution is -0.144. The van der Waals surface area contributed by atoms with Crippen molar-refractivity contribution in [3.8, 4) is 0 Å². The minimum Gasteiger partial charge on any atom is -0.480 e. The van der Waals surface area contributed by atoms with E-state index in [9.17, 15) is 23.1 Å². The normalized spacial score (nSPS) is 20.3. The number of rotatable bonds is 10. The standard InChI is InChI=1S/C15H26N2O6S/c1-3-9-23-11-12(15(19)20)16-14(18)13-7-5-6-8-17(13)24(21,22)10-4-2/h3,12-13H,1,4-11H2,2H3,(H,16,18)(H,19,20). The molecule has 1 aliphatic rings. The van der Waals surface area contributed by atoms with Gasteiger partial charge in [-0.1, -0.05) is 19.4 Å². The molecule has 0 saturated carbocycles. The highest BCUT2D eigenvalue weighted by Gasteiger charge is 2.37. The summed E-state index contributed by atoms with van der Waals surface area (Å²) in [5.74, 6) is -1.85. The maximum Gasteiger partial charge on any atom is 0.328 e. The van der Waals surface area contributed by atoms with Crippen LogP contribution in [0, 0.1) is 0 Å². The lowest BCUT2D eigenvalue weighted by Crippen LogP contribution is -2.56. The van der Waals surface area contributed by atoms with Crippen LogP contribution in [0.15, 0.2) is 12.7 Å². The third-order valence-corrected chi connectivity index (χ3v) is 5.79. The van der Waals surface area contributed by atoms with Crippen molar-refractivity contribution >= 4 is 21.9 Å². The first-order valence-electron chi connectivity index (χ1n) is 8.04. The van der Waals surface area contributed by atoms with E-state index in [4.69, 9.17) is 4.74 Å². The molecule has 0 aromatic rings. The number of ether oxygens (including phenoxy) is 1. The van der Waals surface area contributed by atoms with Gasteiger partial charge in [0.1, 0.15) is 6.04 Å². The first-order valence-corrected chi connectivity index (χ1v) is 9.65. The number of nitrogens with zero attached hydrogens (tertiary/aromatic N) is 1. The zero-order valence-electron chi connectivity index (χ0n) is 13.9. The Morgan fingerprint density at radius 3 is 2.75 bits per heavy atom. The molecular formula is C15H26N2O6S. The Hall–Kier alpha value is -1.45. The Balaban J connectivity index is 2.81. The molecule has 8 nitrogen and oxygen atoms in total. The Morgan fingerprint density at radius 1 is 1.46 bits per heavy atom. The van der Waals surface area contributed by atoms with Gasteiger partial charge in [-0.2, -0.15) is 4.31 Å². The molecule has 0 radical (unpaired) electrons. The summed E-state index contributed by atoms with van der Waals surface area (Å²) in [4.78, 5) is 23.7. The van der Waals surface area contributed by atoms with Gasteiger partial charge in [0.2, 0.25) is 15.9 Å². The van der Waals surface area contributed by atoms with Gasteiger partial charge in [-0.05, 0) is 19.3 Å². The van der Waals surface area contributed by atoms with Crippen LogP contribution in [0.25, 0.3) is 0 Å². The van der Waals surface area contributed by atoms with Gasteiger partial charge in [0, 0.05) is 6.54 Å². The number of aliphatic carboxylic acids is 1. The highest BCUT2D eigenvalue weighted by atomic mass is 32.2. The van der Waals surface area contributed by atoms with Crippen LogP contribution in [0.4, 0.5) is 0 Å². The first kappa shape index (κ1) is 20.6. The lowest BCUT2D eigenvalue weighted by Gasteiger charge is -2.34. The van der Waals surface area contributed by atoms with Gasteiger partial charge in [-0.3, -0.25) is 4.79 Å². The molecule has 0 aromatic heterocycles. The Kier molecular flexibility index (Phi) is 8.37. The maximum absolute atomic E-state index is 12.5. The van der Waals surface area contributed by atoms with Crippen molar-refractivity contribution in [2.24, 2.45) is 0 Å². The van der Waals surface area contributed by atoms with Crippen LogP contribution in [0.2, 0.25) is 0 Å². The molecule has 1 heterocycles. The summed E-state index contributed by atoms with van der Waals surface area (Å²) >= 11 is 0. The van der Waals surface area contributed by atoms with E-state index >= 15 is 0 Å². The molecule has 2 unspecified atom stereocenters. The van der Waals surface area contributed by atoms with Crippen LogP contribution >= 0.6 is 0 Å². The number of hydrogen-bond acceptors (Lipinski definition) is 5. The highest BCUT2D eigenvalue weighted by Crippen LogP contribution is 2.21. The predicted octanol–water partition coefficient (Wildman–Crippen LogP) is 0.353. The van der Waals surface area contributed by atoms with Crippen molar-refractivity contribution in [3.63, 3.8) is 0 Å². The third kappa shape index (κ3) is 5.88. The van der Waals surface area contributed by atoms with Crippen molar-refractivity contribution < 1.29 is 27.9 Å². The topological polar surface area (TPSA) is 113 Å². The summed E-state index contributed by atoms with van der Waals surface area (Å²) in [7, 11) is -3.52. The van der Waals surface area contributed by atoms with Crippen molar-refractivity contribution in [1.29, 1.82) is 0 Å². The largest absolute Gasteiger partial charge is 0.480 e. The van der Waals surface area contributed by atoms with Crippen LogP contribution in [0.1, 0.15) is 32.6 Å². The van der Waals surface area contributed by atoms with E-state index in [1.54, 1.807) is 6.92 Å². The monoisotopic (exact) mass is 362 g/mol. The molecule has 1 aliphatic heterocycles. The lowest BCUT2D eigenvalue weighted by atomic mass is 10.0. The third-order valence-electron chi connectivity index (χ3n) is 3.71. The van der Waals surface area contributed by atoms with Crippen molar-refractivity contribution in [2.75, 3.05) is 25.5 Å². The highest BCUT2D eigenvalue weighted by molar-refractivity contribution is 7.89. The summed E-state index contributed by atoms with van der Waals surface area (Å²) in [6.45, 7) is 5.46. The molecule has 0 aromatic carbocycles. The van der Waals surface area contributed by atoms with Gasteiger partial charge >= 0.3 is 5.97 Å². The van der Waals surface area contributed by atoms with Gasteiger partial charge in [0.25, 0.3) is 0 Å². The SMILES string of the molecule is C=CCOCC(NC(=O)C1CCCCN1S(=O)(=O)CCC)C(=O)O. The fourth-order valence-corrected chi connectivity index (χ4v) is 4.33. The molecule has 1 saturated heterocycles. The van der Waals surface area contributed by atoms with Gasteiger partial charge in [0.15, 0.2) is 6.04 Å². The molecule has 138 valence electrons. The first-order chi connectivity index (χ1) is 11.3. The Bertz CT molecular complexity index is 548.